The molecule has 2 aromatic carbocycles. The maximum Gasteiger partial charge on any atom is 0.269 e. The van der Waals surface area contributed by atoms with Crippen LogP contribution in [0.5, 0.6) is 0 Å². The number of nitro benzene ring substituents is 1. The topological polar surface area (TPSA) is 55.2 Å². The van der Waals surface area contributed by atoms with Crippen molar-refractivity contribution in [1.29, 1.82) is 0 Å². The highest BCUT2D eigenvalue weighted by Gasteiger charge is 2.06. The fraction of sp³-hybridized carbons (Fsp3) is 0.143. The second-order valence-corrected chi connectivity index (χ2v) is 4.86. The Balaban J connectivity index is 1.93. The van der Waals surface area contributed by atoms with Crippen molar-refractivity contribution < 1.29 is 4.92 Å². The minimum Gasteiger partial charge on any atom is -0.303 e. The number of hydrogen-bond donors (Lipinski definition) is 1. The van der Waals surface area contributed by atoms with Crippen LogP contribution in [0.4, 0.5) is 5.69 Å². The summed E-state index contributed by atoms with van der Waals surface area (Å²) in [6.07, 6.45) is 0. The normalized spacial score (nSPS) is 12.1. The van der Waals surface area contributed by atoms with Crippen molar-refractivity contribution in [3.63, 3.8) is 0 Å². The molecular weight excluding hydrogens is 259 g/mol. The Kier molecular flexibility index (Phi) is 4.61. The highest BCUT2D eigenvalue weighted by atomic mass is 31.0. The van der Waals surface area contributed by atoms with Gasteiger partial charge in [0.25, 0.3) is 5.69 Å². The van der Waals surface area contributed by atoms with Crippen LogP contribution in [-0.2, 0) is 6.54 Å². The lowest BCUT2D eigenvalue weighted by atomic mass is 10.2. The van der Waals surface area contributed by atoms with Crippen LogP contribution in [0.1, 0.15) is 16.9 Å². The van der Waals surface area contributed by atoms with Crippen LogP contribution >= 0.6 is 9.24 Å². The van der Waals surface area contributed by atoms with Gasteiger partial charge < -0.3 is 5.32 Å². The molecule has 0 radical (unpaired) electrons. The zero-order valence-corrected chi connectivity index (χ0v) is 11.5. The lowest BCUT2D eigenvalue weighted by molar-refractivity contribution is -0.384. The Morgan fingerprint density at radius 1 is 1.11 bits per heavy atom. The summed E-state index contributed by atoms with van der Waals surface area (Å²) in [5.74, 6) is 0.163. The van der Waals surface area contributed by atoms with E-state index >= 15 is 0 Å². The van der Waals surface area contributed by atoms with Crippen LogP contribution in [0, 0.1) is 10.1 Å². The van der Waals surface area contributed by atoms with Crippen molar-refractivity contribution in [3.05, 3.63) is 75.8 Å². The Hall–Kier alpha value is -1.77. The van der Waals surface area contributed by atoms with Gasteiger partial charge in [-0.25, -0.2) is 0 Å². The van der Waals surface area contributed by atoms with Gasteiger partial charge in [-0.2, -0.15) is 0 Å². The minimum atomic E-state index is -0.389. The van der Waals surface area contributed by atoms with Crippen molar-refractivity contribution >= 4 is 14.9 Å². The predicted molar refractivity (Wildman–Crippen MR) is 78.8 cm³/mol. The second kappa shape index (κ2) is 6.41. The Morgan fingerprint density at radius 2 is 1.74 bits per heavy atom. The maximum atomic E-state index is 10.5. The summed E-state index contributed by atoms with van der Waals surface area (Å²) < 4.78 is 0. The SMILES string of the molecule is O=[N+]([O-])c1ccc(CNC(P)c2ccccc2)cc1. The number of non-ortho nitro benzene ring substituents is 1. The molecule has 2 rings (SSSR count). The van der Waals surface area contributed by atoms with Gasteiger partial charge in [0, 0.05) is 24.5 Å². The van der Waals surface area contributed by atoms with Crippen molar-refractivity contribution in [2.45, 2.75) is 12.3 Å². The summed E-state index contributed by atoms with van der Waals surface area (Å²) >= 11 is 0. The number of nitrogens with zero attached hydrogens (tertiary/aromatic N) is 1. The predicted octanol–water partition coefficient (Wildman–Crippen LogP) is 3.26. The first-order valence-corrected chi connectivity index (χ1v) is 6.61. The summed E-state index contributed by atoms with van der Waals surface area (Å²) in [4.78, 5) is 10.2. The van der Waals surface area contributed by atoms with Crippen LogP contribution in [0.25, 0.3) is 0 Å². The largest absolute Gasteiger partial charge is 0.303 e. The van der Waals surface area contributed by atoms with Crippen LogP contribution in [0.15, 0.2) is 54.6 Å². The molecule has 98 valence electrons. The second-order valence-electron chi connectivity index (χ2n) is 4.19. The average Bonchev–Trinajstić information content (AvgIpc) is 2.46. The molecule has 0 saturated heterocycles. The summed E-state index contributed by atoms with van der Waals surface area (Å²) in [7, 11) is 2.75. The molecule has 0 amide bonds. The van der Waals surface area contributed by atoms with Crippen molar-refractivity contribution in [3.8, 4) is 0 Å². The molecule has 0 heterocycles. The van der Waals surface area contributed by atoms with Gasteiger partial charge in [0.1, 0.15) is 0 Å². The summed E-state index contributed by atoms with van der Waals surface area (Å²) in [5.41, 5.74) is 2.33. The molecular formula is C14H15N2O2P. The molecule has 0 spiro atoms. The van der Waals surface area contributed by atoms with E-state index in [0.717, 1.165) is 5.56 Å². The average molecular weight is 274 g/mol. The molecule has 0 aromatic heterocycles. The van der Waals surface area contributed by atoms with E-state index in [4.69, 9.17) is 0 Å². The van der Waals surface area contributed by atoms with Crippen LogP contribution < -0.4 is 5.32 Å². The van der Waals surface area contributed by atoms with Gasteiger partial charge in [-0.15, -0.1) is 9.24 Å². The highest BCUT2D eigenvalue weighted by molar-refractivity contribution is 7.17. The Bertz CT molecular complexity index is 543. The van der Waals surface area contributed by atoms with Crippen LogP contribution in [0.2, 0.25) is 0 Å². The fourth-order valence-electron chi connectivity index (χ4n) is 1.74. The van der Waals surface area contributed by atoms with E-state index in [1.165, 1.54) is 17.7 Å². The number of nitrogens with one attached hydrogen (secondary N) is 1. The lowest BCUT2D eigenvalue weighted by Gasteiger charge is -2.13. The third-order valence-electron chi connectivity index (χ3n) is 2.83. The van der Waals surface area contributed by atoms with Crippen molar-refractivity contribution in [1.82, 2.24) is 5.32 Å². The summed E-state index contributed by atoms with van der Waals surface area (Å²) in [6.45, 7) is 0.668. The van der Waals surface area contributed by atoms with Gasteiger partial charge in [0.2, 0.25) is 0 Å². The van der Waals surface area contributed by atoms with Gasteiger partial charge in [0.15, 0.2) is 0 Å². The number of nitro groups is 1. The van der Waals surface area contributed by atoms with Gasteiger partial charge in [-0.3, -0.25) is 10.1 Å². The van der Waals surface area contributed by atoms with E-state index in [0.29, 0.717) is 6.54 Å². The zero-order valence-electron chi connectivity index (χ0n) is 10.3. The van der Waals surface area contributed by atoms with Crippen LogP contribution in [-0.4, -0.2) is 4.92 Å². The highest BCUT2D eigenvalue weighted by Crippen LogP contribution is 2.20. The molecule has 4 nitrogen and oxygen atoms in total. The smallest absolute Gasteiger partial charge is 0.269 e. The van der Waals surface area contributed by atoms with E-state index in [1.807, 2.05) is 18.2 Å². The zero-order chi connectivity index (χ0) is 13.7. The third-order valence-corrected chi connectivity index (χ3v) is 3.45. The van der Waals surface area contributed by atoms with E-state index in [-0.39, 0.29) is 16.4 Å². The molecule has 0 bridgehead atoms. The molecule has 2 atom stereocenters. The Morgan fingerprint density at radius 3 is 2.32 bits per heavy atom. The molecule has 0 saturated carbocycles. The maximum absolute atomic E-state index is 10.5. The van der Waals surface area contributed by atoms with Crippen LogP contribution in [0.3, 0.4) is 0 Å². The first-order valence-electron chi connectivity index (χ1n) is 5.94. The van der Waals surface area contributed by atoms with E-state index in [2.05, 4.69) is 26.7 Å². The molecule has 1 N–H and O–H groups in total. The van der Waals surface area contributed by atoms with E-state index in [1.54, 1.807) is 12.1 Å². The molecule has 19 heavy (non-hydrogen) atoms. The first-order chi connectivity index (χ1) is 9.16. The summed E-state index contributed by atoms with van der Waals surface area (Å²) in [5, 5.41) is 13.9. The first kappa shape index (κ1) is 13.7. The quantitative estimate of drug-likeness (QED) is 0.517. The molecule has 0 aliphatic rings. The fourth-order valence-corrected chi connectivity index (χ4v) is 2.08. The lowest BCUT2D eigenvalue weighted by Crippen LogP contribution is -2.15. The molecule has 2 unspecified atom stereocenters. The Labute approximate surface area is 114 Å². The van der Waals surface area contributed by atoms with E-state index < -0.39 is 0 Å². The molecule has 5 heteroatoms. The summed E-state index contributed by atoms with van der Waals surface area (Å²) in [6, 6.07) is 16.7. The van der Waals surface area contributed by atoms with Gasteiger partial charge in [-0.1, -0.05) is 42.5 Å². The number of rotatable bonds is 5. The third kappa shape index (κ3) is 3.85. The molecule has 0 aliphatic carbocycles. The standard InChI is InChI=1S/C14H15N2O2P/c17-16(18)13-8-6-11(7-9-13)10-15-14(19)12-4-2-1-3-5-12/h1-9,14-15H,10,19H2. The monoisotopic (exact) mass is 274 g/mol. The number of benzene rings is 2. The van der Waals surface area contributed by atoms with Gasteiger partial charge in [0.05, 0.1) is 4.92 Å². The van der Waals surface area contributed by atoms with Gasteiger partial charge >= 0.3 is 0 Å². The molecule has 2 aromatic rings. The minimum absolute atomic E-state index is 0.120. The van der Waals surface area contributed by atoms with E-state index in [9.17, 15) is 10.1 Å². The van der Waals surface area contributed by atoms with Gasteiger partial charge in [-0.05, 0) is 11.1 Å². The molecule has 0 aliphatic heterocycles. The van der Waals surface area contributed by atoms with Crippen molar-refractivity contribution in [2.75, 3.05) is 0 Å². The number of hydrogen-bond acceptors (Lipinski definition) is 3. The molecule has 0 fully saturated rings. The van der Waals surface area contributed by atoms with Crippen molar-refractivity contribution in [2.24, 2.45) is 0 Å².